The fourth-order valence-electron chi connectivity index (χ4n) is 10.6. The number of nitrogens with zero attached hydrogens (tertiary/aromatic N) is 3. The number of anilines is 5. The predicted molar refractivity (Wildman–Crippen MR) is 208 cm³/mol. The zero-order valence-corrected chi connectivity index (χ0v) is 28.4. The van der Waals surface area contributed by atoms with Gasteiger partial charge in [0.1, 0.15) is 0 Å². The maximum atomic E-state index is 2.85. The first-order valence-corrected chi connectivity index (χ1v) is 18.0. The summed E-state index contributed by atoms with van der Waals surface area (Å²) in [5.41, 5.74) is 17.7. The third-order valence-corrected chi connectivity index (χ3v) is 12.9. The van der Waals surface area contributed by atoms with Gasteiger partial charge in [-0.3, -0.25) is 0 Å². The lowest BCUT2D eigenvalue weighted by molar-refractivity contribution is 0.195. The third kappa shape index (κ3) is 3.35. The molecule has 1 aromatic heterocycles. The van der Waals surface area contributed by atoms with Crippen molar-refractivity contribution in [2.45, 2.75) is 57.4 Å². The molecule has 2 unspecified atom stereocenters. The van der Waals surface area contributed by atoms with Crippen LogP contribution in [-0.4, -0.2) is 16.8 Å². The van der Waals surface area contributed by atoms with Crippen molar-refractivity contribution in [3.05, 3.63) is 139 Å². The fourth-order valence-corrected chi connectivity index (χ4v) is 10.6. The second kappa shape index (κ2) is 9.48. The maximum absolute atomic E-state index is 2.85. The molecule has 0 bridgehead atoms. The Bertz CT molecular complexity index is 2480. The van der Waals surface area contributed by atoms with Crippen LogP contribution >= 0.6 is 0 Å². The van der Waals surface area contributed by atoms with E-state index in [1.54, 1.807) is 5.56 Å². The summed E-state index contributed by atoms with van der Waals surface area (Å²) in [6.07, 6.45) is 4.97. The molecule has 3 nitrogen and oxygen atoms in total. The monoisotopic (exact) mass is 631 g/mol. The Labute approximate surface area is 288 Å². The third-order valence-electron chi connectivity index (χ3n) is 12.9. The molecule has 4 heterocycles. The summed E-state index contributed by atoms with van der Waals surface area (Å²) in [5, 5.41) is 2.66. The van der Waals surface area contributed by atoms with Gasteiger partial charge in [-0.15, -0.1) is 0 Å². The highest BCUT2D eigenvalue weighted by Gasteiger charge is 2.61. The molecule has 0 radical (unpaired) electrons. The quantitative estimate of drug-likeness (QED) is 0.180. The summed E-state index contributed by atoms with van der Waals surface area (Å²) < 4.78 is 2.60. The lowest BCUT2D eigenvalue weighted by Crippen LogP contribution is -2.64. The lowest BCUT2D eigenvalue weighted by Gasteiger charge is -2.52. The topological polar surface area (TPSA) is 11.4 Å². The minimum absolute atomic E-state index is 0.0249. The summed E-state index contributed by atoms with van der Waals surface area (Å²) in [6, 6.07) is 48.0. The summed E-state index contributed by atoms with van der Waals surface area (Å²) in [5.74, 6) is 0. The van der Waals surface area contributed by atoms with Crippen molar-refractivity contribution in [1.29, 1.82) is 0 Å². The molecule has 1 aliphatic carbocycles. The van der Waals surface area contributed by atoms with E-state index in [1.165, 1.54) is 104 Å². The first-order valence-electron chi connectivity index (χ1n) is 18.0. The van der Waals surface area contributed by atoms with E-state index in [1.807, 2.05) is 0 Å². The Morgan fingerprint density at radius 3 is 2.08 bits per heavy atom. The molecule has 1 fully saturated rings. The van der Waals surface area contributed by atoms with Gasteiger partial charge in [0, 0.05) is 50.1 Å². The van der Waals surface area contributed by atoms with E-state index in [0.29, 0.717) is 0 Å². The average molecular weight is 632 g/mol. The standard InChI is InChI=1S/C45H38BN3/c1-29-25-35-43-37(26-29)46-36-21-14-20-34-33-19-10-11-22-38(33)48(42(34)36)39-27-32(47(30-15-6-4-7-16-30)31-17-8-5-9-18-31)28-40(41(39)46)49(43)45(3)24-13-12-23-44(35,45)2/h4-11,14-22,25-28H,12-13,23-24H2,1-3H3. The summed E-state index contributed by atoms with van der Waals surface area (Å²) in [6.45, 7) is 7.65. The molecule has 3 aliphatic heterocycles. The van der Waals surface area contributed by atoms with Crippen molar-refractivity contribution in [2.24, 2.45) is 0 Å². The highest BCUT2D eigenvalue weighted by Crippen LogP contribution is 2.62. The molecule has 1 saturated carbocycles. The van der Waals surface area contributed by atoms with Crippen LogP contribution in [-0.2, 0) is 5.41 Å². The van der Waals surface area contributed by atoms with Crippen LogP contribution in [0.2, 0.25) is 0 Å². The average Bonchev–Trinajstić information content (AvgIpc) is 3.57. The van der Waals surface area contributed by atoms with Gasteiger partial charge in [0.25, 0.3) is 6.71 Å². The van der Waals surface area contributed by atoms with E-state index >= 15 is 0 Å². The van der Waals surface area contributed by atoms with Gasteiger partial charge in [0.05, 0.1) is 16.7 Å². The van der Waals surface area contributed by atoms with Gasteiger partial charge in [-0.25, -0.2) is 0 Å². The minimum Gasteiger partial charge on any atom is -0.335 e. The van der Waals surface area contributed by atoms with E-state index in [2.05, 4.69) is 163 Å². The molecule has 0 spiro atoms. The van der Waals surface area contributed by atoms with Crippen LogP contribution in [0.3, 0.4) is 0 Å². The van der Waals surface area contributed by atoms with E-state index in [9.17, 15) is 0 Å². The van der Waals surface area contributed by atoms with Gasteiger partial charge in [0.15, 0.2) is 0 Å². The van der Waals surface area contributed by atoms with Crippen molar-refractivity contribution >= 4 is 73.3 Å². The molecular weight excluding hydrogens is 593 g/mol. The number of fused-ring (bicyclic) bond motifs is 10. The number of para-hydroxylation sites is 4. The number of rotatable bonds is 3. The Balaban J connectivity index is 1.33. The fraction of sp³-hybridized carbons (Fsp3) is 0.200. The highest BCUT2D eigenvalue weighted by atomic mass is 15.3. The van der Waals surface area contributed by atoms with Gasteiger partial charge < -0.3 is 14.4 Å². The molecule has 0 N–H and O–H groups in total. The Hall–Kier alpha value is -5.22. The smallest absolute Gasteiger partial charge is 0.252 e. The summed E-state index contributed by atoms with van der Waals surface area (Å²) >= 11 is 0. The van der Waals surface area contributed by atoms with E-state index in [-0.39, 0.29) is 17.7 Å². The Kier molecular flexibility index (Phi) is 5.36. The predicted octanol–water partition coefficient (Wildman–Crippen LogP) is 9.45. The molecule has 4 aliphatic rings. The number of aromatic nitrogens is 1. The highest BCUT2D eigenvalue weighted by molar-refractivity contribution is 7.00. The van der Waals surface area contributed by atoms with E-state index in [0.717, 1.165) is 0 Å². The van der Waals surface area contributed by atoms with Crippen LogP contribution < -0.4 is 26.2 Å². The van der Waals surface area contributed by atoms with Gasteiger partial charge in [-0.1, -0.05) is 110 Å². The van der Waals surface area contributed by atoms with Crippen LogP contribution in [0.15, 0.2) is 127 Å². The lowest BCUT2D eigenvalue weighted by atomic mass is 9.33. The first kappa shape index (κ1) is 27.7. The van der Waals surface area contributed by atoms with Gasteiger partial charge in [-0.05, 0) is 91.1 Å². The van der Waals surface area contributed by atoms with Gasteiger partial charge >= 0.3 is 0 Å². The molecule has 0 saturated heterocycles. The van der Waals surface area contributed by atoms with Crippen molar-refractivity contribution in [1.82, 2.24) is 4.57 Å². The normalized spacial score (nSPS) is 21.1. The Morgan fingerprint density at radius 1 is 0.633 bits per heavy atom. The van der Waals surface area contributed by atoms with Crippen LogP contribution in [0, 0.1) is 6.92 Å². The molecule has 4 heteroatoms. The minimum atomic E-state index is -0.0249. The van der Waals surface area contributed by atoms with Crippen LogP contribution in [0.5, 0.6) is 0 Å². The molecule has 11 rings (SSSR count). The zero-order chi connectivity index (χ0) is 32.6. The van der Waals surface area contributed by atoms with Crippen molar-refractivity contribution in [3.63, 3.8) is 0 Å². The molecule has 2 atom stereocenters. The van der Waals surface area contributed by atoms with E-state index in [4.69, 9.17) is 0 Å². The Morgan fingerprint density at radius 2 is 1.31 bits per heavy atom. The number of aryl methyl sites for hydroxylation is 1. The number of hydrogen-bond donors (Lipinski definition) is 0. The van der Waals surface area contributed by atoms with Gasteiger partial charge in [0.2, 0.25) is 0 Å². The molecule has 7 aromatic rings. The second-order valence-corrected chi connectivity index (χ2v) is 15.3. The van der Waals surface area contributed by atoms with Crippen molar-refractivity contribution < 1.29 is 0 Å². The SMILES string of the molecule is Cc1cc2c3c(c1)C1(C)CCCCC1(C)N3c1cc(N(c3ccccc3)c3ccccc3)cc3c1B2c1cccc2c4ccccc4n-3c12. The van der Waals surface area contributed by atoms with E-state index < -0.39 is 0 Å². The first-order chi connectivity index (χ1) is 24.0. The zero-order valence-electron chi connectivity index (χ0n) is 28.4. The number of hydrogen-bond acceptors (Lipinski definition) is 2. The van der Waals surface area contributed by atoms with Crippen LogP contribution in [0.25, 0.3) is 27.5 Å². The molecule has 0 amide bonds. The maximum Gasteiger partial charge on any atom is 0.252 e. The van der Waals surface area contributed by atoms with Gasteiger partial charge in [-0.2, -0.15) is 0 Å². The summed E-state index contributed by atoms with van der Waals surface area (Å²) in [4.78, 5) is 5.30. The van der Waals surface area contributed by atoms with Crippen LogP contribution in [0.4, 0.5) is 28.4 Å². The van der Waals surface area contributed by atoms with Crippen molar-refractivity contribution in [2.75, 3.05) is 9.80 Å². The summed E-state index contributed by atoms with van der Waals surface area (Å²) in [7, 11) is 0. The molecular formula is C45H38BN3. The molecule has 6 aromatic carbocycles. The van der Waals surface area contributed by atoms with Crippen molar-refractivity contribution in [3.8, 4) is 5.69 Å². The van der Waals surface area contributed by atoms with Crippen LogP contribution in [0.1, 0.15) is 50.7 Å². The molecule has 236 valence electrons. The number of benzene rings is 6. The molecule has 49 heavy (non-hydrogen) atoms. The second-order valence-electron chi connectivity index (χ2n) is 15.3. The largest absolute Gasteiger partial charge is 0.335 e.